The third kappa shape index (κ3) is 4.77. The summed E-state index contributed by atoms with van der Waals surface area (Å²) >= 11 is 0. The Hall–Kier alpha value is -2.04. The Balaban J connectivity index is 1.44. The molecule has 5 heteroatoms. The molecule has 2 saturated heterocycles. The number of piperidine rings is 1. The summed E-state index contributed by atoms with van der Waals surface area (Å²) in [4.78, 5) is 29.2. The Labute approximate surface area is 156 Å². The van der Waals surface area contributed by atoms with Crippen LogP contribution in [0.25, 0.3) is 0 Å². The summed E-state index contributed by atoms with van der Waals surface area (Å²) in [7, 11) is 0. The van der Waals surface area contributed by atoms with Gasteiger partial charge in [0.25, 0.3) is 0 Å². The maximum absolute atomic E-state index is 12.8. The van der Waals surface area contributed by atoms with Crippen molar-refractivity contribution < 1.29 is 14.3 Å². The van der Waals surface area contributed by atoms with Crippen molar-refractivity contribution in [2.75, 3.05) is 26.2 Å². The minimum Gasteiger partial charge on any atom is -0.494 e. The average Bonchev–Trinajstić information content (AvgIpc) is 3.16. The van der Waals surface area contributed by atoms with Crippen LogP contribution < -0.4 is 4.74 Å². The predicted octanol–water partition coefficient (Wildman–Crippen LogP) is 3.10. The SMILES string of the molecule is CC1CCN(C(=O)[C@@H]2CCCN2C(=O)CCCOc2ccccc2)CC1. The van der Waals surface area contributed by atoms with E-state index in [4.69, 9.17) is 4.74 Å². The number of rotatable bonds is 6. The molecule has 2 fully saturated rings. The second-order valence-corrected chi connectivity index (χ2v) is 7.52. The molecule has 2 aliphatic heterocycles. The van der Waals surface area contributed by atoms with Crippen LogP contribution in [0.3, 0.4) is 0 Å². The van der Waals surface area contributed by atoms with E-state index in [0.717, 1.165) is 44.5 Å². The molecule has 142 valence electrons. The van der Waals surface area contributed by atoms with Gasteiger partial charge in [-0.1, -0.05) is 25.1 Å². The minimum atomic E-state index is -0.244. The lowest BCUT2D eigenvalue weighted by molar-refractivity contribution is -0.144. The van der Waals surface area contributed by atoms with Gasteiger partial charge in [0, 0.05) is 26.1 Å². The molecule has 1 aromatic rings. The maximum atomic E-state index is 12.8. The molecular formula is C21H30N2O3. The monoisotopic (exact) mass is 358 g/mol. The fraction of sp³-hybridized carbons (Fsp3) is 0.619. The van der Waals surface area contributed by atoms with Crippen molar-refractivity contribution in [1.29, 1.82) is 0 Å². The van der Waals surface area contributed by atoms with Crippen molar-refractivity contribution in [2.24, 2.45) is 5.92 Å². The molecule has 0 aliphatic carbocycles. The van der Waals surface area contributed by atoms with Gasteiger partial charge >= 0.3 is 0 Å². The highest BCUT2D eigenvalue weighted by Crippen LogP contribution is 2.24. The van der Waals surface area contributed by atoms with E-state index in [-0.39, 0.29) is 17.9 Å². The predicted molar refractivity (Wildman–Crippen MR) is 101 cm³/mol. The van der Waals surface area contributed by atoms with E-state index in [1.165, 1.54) is 0 Å². The van der Waals surface area contributed by atoms with Crippen molar-refractivity contribution >= 4 is 11.8 Å². The molecule has 2 amide bonds. The van der Waals surface area contributed by atoms with Gasteiger partial charge in [-0.25, -0.2) is 0 Å². The van der Waals surface area contributed by atoms with E-state index in [9.17, 15) is 9.59 Å². The lowest BCUT2D eigenvalue weighted by Crippen LogP contribution is -2.49. The quantitative estimate of drug-likeness (QED) is 0.734. The number of hydrogen-bond donors (Lipinski definition) is 0. The lowest BCUT2D eigenvalue weighted by Gasteiger charge is -2.34. The van der Waals surface area contributed by atoms with Crippen molar-refractivity contribution in [2.45, 2.75) is 51.5 Å². The molecule has 0 spiro atoms. The summed E-state index contributed by atoms with van der Waals surface area (Å²) in [6.07, 6.45) is 4.98. The number of benzene rings is 1. The summed E-state index contributed by atoms with van der Waals surface area (Å²) in [5, 5.41) is 0. The highest BCUT2D eigenvalue weighted by atomic mass is 16.5. The van der Waals surface area contributed by atoms with Crippen LogP contribution >= 0.6 is 0 Å². The Morgan fingerprint density at radius 1 is 1.08 bits per heavy atom. The molecule has 3 rings (SSSR count). The zero-order chi connectivity index (χ0) is 18.4. The number of ether oxygens (including phenoxy) is 1. The van der Waals surface area contributed by atoms with Crippen molar-refractivity contribution in [3.63, 3.8) is 0 Å². The Morgan fingerprint density at radius 3 is 2.54 bits per heavy atom. The van der Waals surface area contributed by atoms with Gasteiger partial charge in [0.15, 0.2) is 0 Å². The average molecular weight is 358 g/mol. The molecule has 1 aromatic carbocycles. The number of carbonyl (C=O) groups excluding carboxylic acids is 2. The van der Waals surface area contributed by atoms with Gasteiger partial charge in [0.05, 0.1) is 6.61 Å². The summed E-state index contributed by atoms with van der Waals surface area (Å²) in [6.45, 7) is 5.14. The van der Waals surface area contributed by atoms with Gasteiger partial charge in [-0.3, -0.25) is 9.59 Å². The highest BCUT2D eigenvalue weighted by Gasteiger charge is 2.36. The van der Waals surface area contributed by atoms with Gasteiger partial charge in [-0.15, -0.1) is 0 Å². The summed E-state index contributed by atoms with van der Waals surface area (Å²) in [5.74, 6) is 1.77. The first kappa shape index (κ1) is 18.7. The van der Waals surface area contributed by atoms with E-state index < -0.39 is 0 Å². The van der Waals surface area contributed by atoms with Gasteiger partial charge in [-0.05, 0) is 50.2 Å². The largest absolute Gasteiger partial charge is 0.494 e. The molecule has 0 N–H and O–H groups in total. The topological polar surface area (TPSA) is 49.9 Å². The van der Waals surface area contributed by atoms with Crippen LogP contribution in [0.2, 0.25) is 0 Å². The maximum Gasteiger partial charge on any atom is 0.245 e. The van der Waals surface area contributed by atoms with Gasteiger partial charge < -0.3 is 14.5 Å². The van der Waals surface area contributed by atoms with E-state index in [1.54, 1.807) is 0 Å². The summed E-state index contributed by atoms with van der Waals surface area (Å²) in [5.41, 5.74) is 0. The number of amides is 2. The fourth-order valence-corrected chi connectivity index (χ4v) is 3.84. The molecule has 0 unspecified atom stereocenters. The van der Waals surface area contributed by atoms with Gasteiger partial charge in [0.1, 0.15) is 11.8 Å². The van der Waals surface area contributed by atoms with E-state index in [0.29, 0.717) is 31.9 Å². The molecule has 0 radical (unpaired) electrons. The summed E-state index contributed by atoms with van der Waals surface area (Å²) < 4.78 is 5.65. The fourth-order valence-electron chi connectivity index (χ4n) is 3.84. The third-order valence-electron chi connectivity index (χ3n) is 5.50. The van der Waals surface area contributed by atoms with E-state index >= 15 is 0 Å². The Kier molecular flexibility index (Phi) is 6.53. The highest BCUT2D eigenvalue weighted by molar-refractivity contribution is 5.88. The van der Waals surface area contributed by atoms with Gasteiger partial charge in [0.2, 0.25) is 11.8 Å². The number of nitrogens with zero attached hydrogens (tertiary/aromatic N) is 2. The standard InChI is InChI=1S/C21H30N2O3/c1-17-11-14-22(15-12-17)21(25)19-9-5-13-23(19)20(24)10-6-16-26-18-7-3-2-4-8-18/h2-4,7-8,17,19H,5-6,9-16H2,1H3/t19-/m0/s1. The smallest absolute Gasteiger partial charge is 0.245 e. The number of para-hydroxylation sites is 1. The van der Waals surface area contributed by atoms with Crippen LogP contribution in [0, 0.1) is 5.92 Å². The molecule has 0 aromatic heterocycles. The van der Waals surface area contributed by atoms with Crippen LogP contribution in [0.4, 0.5) is 0 Å². The zero-order valence-corrected chi connectivity index (χ0v) is 15.7. The number of likely N-dealkylation sites (tertiary alicyclic amines) is 2. The second-order valence-electron chi connectivity index (χ2n) is 7.52. The van der Waals surface area contributed by atoms with Crippen LogP contribution in [-0.4, -0.2) is 53.9 Å². The first-order valence-corrected chi connectivity index (χ1v) is 9.91. The van der Waals surface area contributed by atoms with Crippen LogP contribution in [-0.2, 0) is 9.59 Å². The normalized spacial score (nSPS) is 21.0. The Bertz CT molecular complexity index is 597. The number of carbonyl (C=O) groups is 2. The Morgan fingerprint density at radius 2 is 1.81 bits per heavy atom. The first-order valence-electron chi connectivity index (χ1n) is 9.91. The number of hydrogen-bond acceptors (Lipinski definition) is 3. The molecule has 0 saturated carbocycles. The summed E-state index contributed by atoms with van der Waals surface area (Å²) in [6, 6.07) is 9.40. The molecule has 2 heterocycles. The van der Waals surface area contributed by atoms with E-state index in [2.05, 4.69) is 6.92 Å². The van der Waals surface area contributed by atoms with Crippen molar-refractivity contribution in [1.82, 2.24) is 9.80 Å². The van der Waals surface area contributed by atoms with E-state index in [1.807, 2.05) is 40.1 Å². The van der Waals surface area contributed by atoms with Crippen molar-refractivity contribution in [3.05, 3.63) is 30.3 Å². The second kappa shape index (κ2) is 9.06. The molecule has 1 atom stereocenters. The zero-order valence-electron chi connectivity index (χ0n) is 15.7. The first-order chi connectivity index (χ1) is 12.6. The third-order valence-corrected chi connectivity index (χ3v) is 5.50. The lowest BCUT2D eigenvalue weighted by atomic mass is 9.98. The van der Waals surface area contributed by atoms with Crippen molar-refractivity contribution in [3.8, 4) is 5.75 Å². The minimum absolute atomic E-state index is 0.0860. The van der Waals surface area contributed by atoms with Crippen LogP contribution in [0.1, 0.15) is 45.4 Å². The molecular weight excluding hydrogens is 328 g/mol. The molecule has 26 heavy (non-hydrogen) atoms. The van der Waals surface area contributed by atoms with Crippen LogP contribution in [0.15, 0.2) is 30.3 Å². The van der Waals surface area contributed by atoms with Crippen LogP contribution in [0.5, 0.6) is 5.75 Å². The molecule has 2 aliphatic rings. The molecule has 5 nitrogen and oxygen atoms in total. The van der Waals surface area contributed by atoms with Gasteiger partial charge in [-0.2, -0.15) is 0 Å². The molecule has 0 bridgehead atoms.